The third-order valence-electron chi connectivity index (χ3n) is 2.09. The molecule has 0 unspecified atom stereocenters. The summed E-state index contributed by atoms with van der Waals surface area (Å²) in [5, 5.41) is 0.486. The summed E-state index contributed by atoms with van der Waals surface area (Å²) in [7, 11) is 2.83. The molecule has 86 valence electrons. The number of ether oxygens (including phenoxy) is 2. The van der Waals surface area contributed by atoms with Crippen LogP contribution in [0.4, 0.5) is 0 Å². The van der Waals surface area contributed by atoms with Gasteiger partial charge in [-0.25, -0.2) is 4.79 Å². The Bertz CT molecular complexity index is 413. The Labute approximate surface area is 99.6 Å². The second-order valence-corrected chi connectivity index (χ2v) is 3.72. The first-order valence-electron chi connectivity index (χ1n) is 4.67. The van der Waals surface area contributed by atoms with Crippen LogP contribution in [0, 0.1) is 0 Å². The molecule has 0 N–H and O–H groups in total. The molecule has 1 aromatic carbocycles. The zero-order valence-electron chi connectivity index (χ0n) is 9.25. The molecule has 0 bridgehead atoms. The molecule has 1 aromatic rings. The summed E-state index contributed by atoms with van der Waals surface area (Å²) < 4.78 is 9.86. The molecule has 1 rings (SSSR count). The molecule has 16 heavy (non-hydrogen) atoms. The monoisotopic (exact) mass is 240 g/mol. The highest BCUT2D eigenvalue weighted by atomic mass is 35.5. The van der Waals surface area contributed by atoms with Crippen molar-refractivity contribution in [3.63, 3.8) is 0 Å². The predicted octanol–water partition coefficient (Wildman–Crippen LogP) is 2.78. The molecule has 0 aliphatic heterocycles. The number of carbonyl (C=O) groups excluding carboxylic acids is 1. The standard InChI is InChI=1S/C12H13ClO3/c1-8(13)7-9-5-4-6-10(11(9)15-2)12(14)16-3/h4-6H,1,7H2,2-3H3. The minimum atomic E-state index is -0.432. The van der Waals surface area contributed by atoms with E-state index < -0.39 is 5.97 Å². The molecule has 0 saturated carbocycles. The number of hydrogen-bond acceptors (Lipinski definition) is 3. The van der Waals surface area contributed by atoms with Gasteiger partial charge in [0.25, 0.3) is 0 Å². The van der Waals surface area contributed by atoms with Gasteiger partial charge in [0, 0.05) is 17.0 Å². The topological polar surface area (TPSA) is 35.5 Å². The van der Waals surface area contributed by atoms with Crippen LogP contribution in [0.5, 0.6) is 5.75 Å². The van der Waals surface area contributed by atoms with Crippen molar-refractivity contribution in [2.75, 3.05) is 14.2 Å². The average Bonchev–Trinajstić information content (AvgIpc) is 2.27. The summed E-state index contributed by atoms with van der Waals surface area (Å²) in [6.45, 7) is 3.61. The van der Waals surface area contributed by atoms with E-state index in [0.29, 0.717) is 22.8 Å². The molecule has 0 atom stereocenters. The summed E-state index contributed by atoms with van der Waals surface area (Å²) in [5.41, 5.74) is 1.20. The molecule has 0 saturated heterocycles. The number of para-hydroxylation sites is 1. The van der Waals surface area contributed by atoms with Gasteiger partial charge in [-0.2, -0.15) is 0 Å². The van der Waals surface area contributed by atoms with Gasteiger partial charge in [0.15, 0.2) is 0 Å². The molecule has 0 heterocycles. The first-order valence-corrected chi connectivity index (χ1v) is 5.05. The van der Waals surface area contributed by atoms with E-state index in [1.54, 1.807) is 12.1 Å². The maximum absolute atomic E-state index is 11.5. The smallest absolute Gasteiger partial charge is 0.341 e. The molecule has 0 spiro atoms. The number of benzene rings is 1. The lowest BCUT2D eigenvalue weighted by Gasteiger charge is -2.11. The average molecular weight is 241 g/mol. The van der Waals surface area contributed by atoms with Crippen LogP contribution in [0.2, 0.25) is 0 Å². The van der Waals surface area contributed by atoms with Crippen molar-refractivity contribution in [1.29, 1.82) is 0 Å². The van der Waals surface area contributed by atoms with Crippen molar-refractivity contribution in [3.8, 4) is 5.75 Å². The van der Waals surface area contributed by atoms with Crippen molar-refractivity contribution in [2.45, 2.75) is 6.42 Å². The van der Waals surface area contributed by atoms with E-state index in [-0.39, 0.29) is 0 Å². The molecule has 0 aromatic heterocycles. The van der Waals surface area contributed by atoms with Gasteiger partial charge in [-0.1, -0.05) is 30.3 Å². The predicted molar refractivity (Wildman–Crippen MR) is 63.0 cm³/mol. The fourth-order valence-corrected chi connectivity index (χ4v) is 1.59. The van der Waals surface area contributed by atoms with Crippen molar-refractivity contribution < 1.29 is 14.3 Å². The van der Waals surface area contributed by atoms with E-state index >= 15 is 0 Å². The highest BCUT2D eigenvalue weighted by Crippen LogP contribution is 2.27. The normalized spacial score (nSPS) is 9.69. The number of methoxy groups -OCH3 is 2. The summed E-state index contributed by atoms with van der Waals surface area (Å²) in [4.78, 5) is 11.5. The third-order valence-corrected chi connectivity index (χ3v) is 2.22. The molecule has 4 heteroatoms. The van der Waals surface area contributed by atoms with Gasteiger partial charge in [-0.15, -0.1) is 0 Å². The second kappa shape index (κ2) is 5.56. The maximum atomic E-state index is 11.5. The third kappa shape index (κ3) is 2.76. The minimum absolute atomic E-state index is 0.389. The Morgan fingerprint density at radius 3 is 2.62 bits per heavy atom. The van der Waals surface area contributed by atoms with Crippen LogP contribution in [0.3, 0.4) is 0 Å². The number of halogens is 1. The quantitative estimate of drug-likeness (QED) is 0.760. The SMILES string of the molecule is C=C(Cl)Cc1cccc(C(=O)OC)c1OC. The molecular formula is C12H13ClO3. The van der Waals surface area contributed by atoms with Gasteiger partial charge >= 0.3 is 5.97 Å². The zero-order valence-corrected chi connectivity index (χ0v) is 10.0. The summed E-state index contributed by atoms with van der Waals surface area (Å²) in [5.74, 6) is 0.0510. The minimum Gasteiger partial charge on any atom is -0.496 e. The second-order valence-electron chi connectivity index (χ2n) is 3.18. The van der Waals surface area contributed by atoms with Crippen molar-refractivity contribution in [2.24, 2.45) is 0 Å². The number of esters is 1. The number of hydrogen-bond donors (Lipinski definition) is 0. The Hall–Kier alpha value is -1.48. The van der Waals surface area contributed by atoms with E-state index in [1.807, 2.05) is 6.07 Å². The van der Waals surface area contributed by atoms with Crippen molar-refractivity contribution in [1.82, 2.24) is 0 Å². The Morgan fingerprint density at radius 1 is 1.44 bits per heavy atom. The van der Waals surface area contributed by atoms with Crippen LogP contribution in [-0.4, -0.2) is 20.2 Å². The van der Waals surface area contributed by atoms with Crippen LogP contribution >= 0.6 is 11.6 Å². The van der Waals surface area contributed by atoms with Gasteiger partial charge in [0.1, 0.15) is 11.3 Å². The van der Waals surface area contributed by atoms with E-state index in [1.165, 1.54) is 14.2 Å². The van der Waals surface area contributed by atoms with E-state index in [2.05, 4.69) is 11.3 Å². The van der Waals surface area contributed by atoms with Crippen LogP contribution < -0.4 is 4.74 Å². The summed E-state index contributed by atoms with van der Waals surface area (Å²) in [6.07, 6.45) is 0.454. The molecule has 3 nitrogen and oxygen atoms in total. The first kappa shape index (κ1) is 12.6. The maximum Gasteiger partial charge on any atom is 0.341 e. The van der Waals surface area contributed by atoms with Crippen LogP contribution in [0.15, 0.2) is 29.8 Å². The van der Waals surface area contributed by atoms with E-state index in [4.69, 9.17) is 16.3 Å². The zero-order chi connectivity index (χ0) is 12.1. The Kier molecular flexibility index (Phi) is 4.38. The molecular weight excluding hydrogens is 228 g/mol. The van der Waals surface area contributed by atoms with Gasteiger partial charge in [-0.05, 0) is 6.07 Å². The largest absolute Gasteiger partial charge is 0.496 e. The Morgan fingerprint density at radius 2 is 2.12 bits per heavy atom. The lowest BCUT2D eigenvalue weighted by Crippen LogP contribution is -2.06. The lowest BCUT2D eigenvalue weighted by molar-refractivity contribution is 0.0597. The van der Waals surface area contributed by atoms with Gasteiger partial charge in [0.2, 0.25) is 0 Å². The fourth-order valence-electron chi connectivity index (χ4n) is 1.44. The number of allylic oxidation sites excluding steroid dienone is 1. The fraction of sp³-hybridized carbons (Fsp3) is 0.250. The van der Waals surface area contributed by atoms with Crippen LogP contribution in [0.1, 0.15) is 15.9 Å². The first-order chi connectivity index (χ1) is 7.60. The Balaban J connectivity index is 3.20. The lowest BCUT2D eigenvalue weighted by atomic mass is 10.1. The molecule has 0 aliphatic rings. The molecule has 0 radical (unpaired) electrons. The van der Waals surface area contributed by atoms with Gasteiger partial charge in [0.05, 0.1) is 14.2 Å². The highest BCUT2D eigenvalue weighted by Gasteiger charge is 2.15. The number of rotatable bonds is 4. The molecule has 0 fully saturated rings. The van der Waals surface area contributed by atoms with E-state index in [9.17, 15) is 4.79 Å². The van der Waals surface area contributed by atoms with Gasteiger partial charge < -0.3 is 9.47 Å². The van der Waals surface area contributed by atoms with Crippen LogP contribution in [0.25, 0.3) is 0 Å². The van der Waals surface area contributed by atoms with Crippen LogP contribution in [-0.2, 0) is 11.2 Å². The summed E-state index contributed by atoms with van der Waals surface area (Å²) in [6, 6.07) is 5.23. The number of carbonyl (C=O) groups is 1. The van der Waals surface area contributed by atoms with Gasteiger partial charge in [-0.3, -0.25) is 0 Å². The van der Waals surface area contributed by atoms with E-state index in [0.717, 1.165) is 5.56 Å². The summed E-state index contributed by atoms with van der Waals surface area (Å²) >= 11 is 5.74. The molecule has 0 aliphatic carbocycles. The van der Waals surface area contributed by atoms with Crippen molar-refractivity contribution in [3.05, 3.63) is 40.9 Å². The van der Waals surface area contributed by atoms with Crippen molar-refractivity contribution >= 4 is 17.6 Å². The highest BCUT2D eigenvalue weighted by molar-refractivity contribution is 6.29. The molecule has 0 amide bonds.